The lowest BCUT2D eigenvalue weighted by atomic mass is 9.94. The van der Waals surface area contributed by atoms with Crippen LogP contribution in [0, 0.1) is 5.92 Å². The smallest absolute Gasteiger partial charge is 0.229 e. The lowest BCUT2D eigenvalue weighted by Crippen LogP contribution is -2.50. The lowest BCUT2D eigenvalue weighted by Gasteiger charge is -2.36. The fraction of sp³-hybridized carbons (Fsp3) is 0.562. The molecule has 0 bridgehead atoms. The summed E-state index contributed by atoms with van der Waals surface area (Å²) in [5, 5.41) is 3.97. The van der Waals surface area contributed by atoms with Crippen molar-refractivity contribution in [1.29, 1.82) is 0 Å². The largest absolute Gasteiger partial charge is 0.492 e. The molecule has 0 saturated carbocycles. The topological polar surface area (TPSA) is 41.6 Å². The van der Waals surface area contributed by atoms with E-state index in [1.807, 2.05) is 30.1 Å². The molecule has 22 heavy (non-hydrogen) atoms. The fourth-order valence-electron chi connectivity index (χ4n) is 3.19. The van der Waals surface area contributed by atoms with Crippen molar-refractivity contribution in [1.82, 2.24) is 10.2 Å². The van der Waals surface area contributed by atoms with Crippen LogP contribution in [0.2, 0.25) is 5.02 Å². The zero-order valence-corrected chi connectivity index (χ0v) is 14.3. The average molecular weight is 345 g/mol. The molecular weight excluding hydrogens is 323 g/mol. The van der Waals surface area contributed by atoms with Gasteiger partial charge in [0, 0.05) is 24.2 Å². The van der Waals surface area contributed by atoms with Gasteiger partial charge in [-0.05, 0) is 50.1 Å². The molecule has 2 heterocycles. The van der Waals surface area contributed by atoms with Crippen molar-refractivity contribution in [2.75, 3.05) is 26.7 Å². The minimum atomic E-state index is -0.0911. The molecule has 1 aromatic rings. The zero-order chi connectivity index (χ0) is 14.8. The molecule has 1 saturated heterocycles. The van der Waals surface area contributed by atoms with Crippen LogP contribution in [0.4, 0.5) is 0 Å². The number of nitrogens with one attached hydrogen (secondary N) is 1. The summed E-state index contributed by atoms with van der Waals surface area (Å²) in [6.45, 7) is 2.12. The molecule has 2 unspecified atom stereocenters. The van der Waals surface area contributed by atoms with Gasteiger partial charge in [0.2, 0.25) is 5.91 Å². The van der Waals surface area contributed by atoms with Gasteiger partial charge < -0.3 is 15.0 Å². The first kappa shape index (κ1) is 17.4. The van der Waals surface area contributed by atoms with Crippen LogP contribution in [-0.4, -0.2) is 43.6 Å². The maximum atomic E-state index is 12.7. The third-order valence-corrected chi connectivity index (χ3v) is 4.65. The molecule has 2 aliphatic heterocycles. The predicted octanol–water partition coefficient (Wildman–Crippen LogP) is 2.52. The quantitative estimate of drug-likeness (QED) is 0.896. The number of piperidine rings is 1. The number of benzene rings is 1. The van der Waals surface area contributed by atoms with Crippen LogP contribution in [0.25, 0.3) is 0 Å². The number of rotatable bonds is 2. The Morgan fingerprint density at radius 3 is 3.05 bits per heavy atom. The van der Waals surface area contributed by atoms with Gasteiger partial charge in [-0.1, -0.05) is 11.6 Å². The number of hydrogen-bond acceptors (Lipinski definition) is 3. The molecule has 1 aromatic carbocycles. The molecule has 1 amide bonds. The number of fused-ring (bicyclic) bond motifs is 1. The van der Waals surface area contributed by atoms with E-state index in [1.54, 1.807) is 0 Å². The van der Waals surface area contributed by atoms with E-state index in [4.69, 9.17) is 16.3 Å². The highest BCUT2D eigenvalue weighted by molar-refractivity contribution is 6.30. The van der Waals surface area contributed by atoms with Gasteiger partial charge in [0.15, 0.2) is 0 Å². The summed E-state index contributed by atoms with van der Waals surface area (Å²) in [4.78, 5) is 14.7. The summed E-state index contributed by atoms with van der Waals surface area (Å²) >= 11 is 6.03. The summed E-state index contributed by atoms with van der Waals surface area (Å²) in [6.07, 6.45) is 2.92. The predicted molar refractivity (Wildman–Crippen MR) is 90.1 cm³/mol. The Balaban J connectivity index is 0.00000176. The standard InChI is InChI=1S/C16H21ClN2O2.ClH/c1-18-14-3-2-6-19(9-14)16(20)12-7-11-8-13(17)4-5-15(11)21-10-12;/h4-5,8,12,14,18H,2-3,6-7,9-10H2,1H3;1H. The number of carbonyl (C=O) groups is 1. The van der Waals surface area contributed by atoms with Gasteiger partial charge in [0.1, 0.15) is 12.4 Å². The Bertz CT molecular complexity index is 539. The normalized spacial score (nSPS) is 24.0. The van der Waals surface area contributed by atoms with E-state index >= 15 is 0 Å². The number of halogens is 2. The Morgan fingerprint density at radius 2 is 2.27 bits per heavy atom. The SMILES string of the molecule is CNC1CCCN(C(=O)C2COc3ccc(Cl)cc3C2)C1.Cl. The highest BCUT2D eigenvalue weighted by Crippen LogP contribution is 2.30. The molecule has 2 atom stereocenters. The van der Waals surface area contributed by atoms with Gasteiger partial charge in [0.05, 0.1) is 5.92 Å². The van der Waals surface area contributed by atoms with Crippen molar-refractivity contribution < 1.29 is 9.53 Å². The molecule has 0 aromatic heterocycles. The van der Waals surface area contributed by atoms with Gasteiger partial charge in [-0.25, -0.2) is 0 Å². The summed E-state index contributed by atoms with van der Waals surface area (Å²) in [5.41, 5.74) is 1.04. The molecule has 4 nitrogen and oxygen atoms in total. The third-order valence-electron chi connectivity index (χ3n) is 4.42. The van der Waals surface area contributed by atoms with Gasteiger partial charge in [-0.15, -0.1) is 12.4 Å². The minimum absolute atomic E-state index is 0. The van der Waals surface area contributed by atoms with Crippen molar-refractivity contribution in [2.24, 2.45) is 5.92 Å². The second-order valence-corrected chi connectivity index (χ2v) is 6.31. The summed E-state index contributed by atoms with van der Waals surface area (Å²) in [5.74, 6) is 0.974. The maximum Gasteiger partial charge on any atom is 0.229 e. The van der Waals surface area contributed by atoms with E-state index in [9.17, 15) is 4.79 Å². The van der Waals surface area contributed by atoms with Gasteiger partial charge in [-0.3, -0.25) is 4.79 Å². The summed E-state index contributed by atoms with van der Waals surface area (Å²) in [6, 6.07) is 6.03. The number of likely N-dealkylation sites (N-methyl/N-ethyl adjacent to an activating group) is 1. The second-order valence-electron chi connectivity index (χ2n) is 5.88. The van der Waals surface area contributed by atoms with Gasteiger partial charge in [-0.2, -0.15) is 0 Å². The Hall–Kier alpha value is -0.970. The molecule has 1 N–H and O–H groups in total. The van der Waals surface area contributed by atoms with Crippen LogP contribution in [-0.2, 0) is 11.2 Å². The third kappa shape index (κ3) is 3.67. The van der Waals surface area contributed by atoms with Gasteiger partial charge >= 0.3 is 0 Å². The molecule has 122 valence electrons. The van der Waals surface area contributed by atoms with Crippen LogP contribution in [0.15, 0.2) is 18.2 Å². The number of amides is 1. The van der Waals surface area contributed by atoms with Crippen LogP contribution in [0.3, 0.4) is 0 Å². The molecular formula is C16H22Cl2N2O2. The van der Waals surface area contributed by atoms with E-state index in [2.05, 4.69) is 5.32 Å². The molecule has 1 fully saturated rings. The van der Waals surface area contributed by atoms with Crippen molar-refractivity contribution in [3.05, 3.63) is 28.8 Å². The molecule has 0 aliphatic carbocycles. The summed E-state index contributed by atoms with van der Waals surface area (Å²) in [7, 11) is 1.96. The number of likely N-dealkylation sites (tertiary alicyclic amines) is 1. The number of carbonyl (C=O) groups excluding carboxylic acids is 1. The van der Waals surface area contributed by atoms with Crippen molar-refractivity contribution >= 4 is 29.9 Å². The average Bonchev–Trinajstić information content (AvgIpc) is 2.53. The van der Waals surface area contributed by atoms with Crippen LogP contribution in [0.5, 0.6) is 5.75 Å². The van der Waals surface area contributed by atoms with Crippen LogP contribution >= 0.6 is 24.0 Å². The highest BCUT2D eigenvalue weighted by Gasteiger charge is 2.31. The summed E-state index contributed by atoms with van der Waals surface area (Å²) < 4.78 is 5.73. The Labute approximate surface area is 142 Å². The van der Waals surface area contributed by atoms with Crippen molar-refractivity contribution in [2.45, 2.75) is 25.3 Å². The lowest BCUT2D eigenvalue weighted by molar-refractivity contribution is -0.138. The number of hydrogen-bond donors (Lipinski definition) is 1. The number of ether oxygens (including phenoxy) is 1. The zero-order valence-electron chi connectivity index (χ0n) is 12.7. The first-order valence-corrected chi connectivity index (χ1v) is 7.92. The first-order chi connectivity index (χ1) is 10.2. The van der Waals surface area contributed by atoms with E-state index in [-0.39, 0.29) is 24.2 Å². The highest BCUT2D eigenvalue weighted by atomic mass is 35.5. The van der Waals surface area contributed by atoms with E-state index in [0.717, 1.165) is 43.7 Å². The maximum absolute atomic E-state index is 12.7. The van der Waals surface area contributed by atoms with E-state index in [0.29, 0.717) is 17.7 Å². The second kappa shape index (κ2) is 7.53. The molecule has 0 radical (unpaired) electrons. The molecule has 3 rings (SSSR count). The van der Waals surface area contributed by atoms with Crippen LogP contribution < -0.4 is 10.1 Å². The van der Waals surface area contributed by atoms with Crippen molar-refractivity contribution in [3.8, 4) is 5.75 Å². The first-order valence-electron chi connectivity index (χ1n) is 7.54. The Kier molecular flexibility index (Phi) is 5.95. The molecule has 2 aliphatic rings. The Morgan fingerprint density at radius 1 is 1.45 bits per heavy atom. The van der Waals surface area contributed by atoms with E-state index in [1.165, 1.54) is 0 Å². The minimum Gasteiger partial charge on any atom is -0.492 e. The molecule has 6 heteroatoms. The monoisotopic (exact) mass is 344 g/mol. The van der Waals surface area contributed by atoms with Gasteiger partial charge in [0.25, 0.3) is 0 Å². The fourth-order valence-corrected chi connectivity index (χ4v) is 3.39. The van der Waals surface area contributed by atoms with Crippen molar-refractivity contribution in [3.63, 3.8) is 0 Å². The number of nitrogens with zero attached hydrogens (tertiary/aromatic N) is 1. The molecule has 0 spiro atoms. The van der Waals surface area contributed by atoms with Crippen LogP contribution in [0.1, 0.15) is 18.4 Å². The van der Waals surface area contributed by atoms with E-state index < -0.39 is 0 Å².